The highest BCUT2D eigenvalue weighted by molar-refractivity contribution is 5.50. The van der Waals surface area contributed by atoms with Crippen LogP contribution in [0.25, 0.3) is 0 Å². The van der Waals surface area contributed by atoms with Crippen LogP contribution in [0.5, 0.6) is 0 Å². The van der Waals surface area contributed by atoms with Gasteiger partial charge in [-0.1, -0.05) is 32.3 Å². The number of anilines is 1. The summed E-state index contributed by atoms with van der Waals surface area (Å²) in [6.45, 7) is 6.40. The van der Waals surface area contributed by atoms with E-state index in [1.165, 1.54) is 44.9 Å². The Bertz CT molecular complexity index is 502. The van der Waals surface area contributed by atoms with Crippen molar-refractivity contribution in [1.82, 2.24) is 5.32 Å². The summed E-state index contributed by atoms with van der Waals surface area (Å²) >= 11 is 0. The van der Waals surface area contributed by atoms with Crippen molar-refractivity contribution in [3.05, 3.63) is 29.6 Å². The molecule has 2 aliphatic rings. The van der Waals surface area contributed by atoms with Gasteiger partial charge in [0.05, 0.1) is 5.69 Å². The van der Waals surface area contributed by atoms with Crippen LogP contribution < -0.4 is 10.2 Å². The van der Waals surface area contributed by atoms with Crippen molar-refractivity contribution < 1.29 is 4.39 Å². The fourth-order valence-electron chi connectivity index (χ4n) is 4.02. The molecule has 1 aliphatic heterocycles. The van der Waals surface area contributed by atoms with Crippen LogP contribution in [-0.2, 0) is 0 Å². The highest BCUT2D eigenvalue weighted by Gasteiger charge is 2.20. The summed E-state index contributed by atoms with van der Waals surface area (Å²) in [5.74, 6) is 0.711. The molecule has 23 heavy (non-hydrogen) atoms. The molecular weight excluding hydrogens is 287 g/mol. The minimum atomic E-state index is -0.0608. The van der Waals surface area contributed by atoms with Crippen LogP contribution in [0.15, 0.2) is 18.2 Å². The number of rotatable bonds is 4. The first kappa shape index (κ1) is 16.8. The van der Waals surface area contributed by atoms with E-state index in [1.54, 1.807) is 6.07 Å². The van der Waals surface area contributed by atoms with Gasteiger partial charge in [-0.25, -0.2) is 4.39 Å². The first-order valence-corrected chi connectivity index (χ1v) is 9.44. The predicted molar refractivity (Wildman–Crippen MR) is 95.4 cm³/mol. The van der Waals surface area contributed by atoms with Gasteiger partial charge >= 0.3 is 0 Å². The van der Waals surface area contributed by atoms with Crippen LogP contribution >= 0.6 is 0 Å². The van der Waals surface area contributed by atoms with E-state index >= 15 is 0 Å². The fraction of sp³-hybridized carbons (Fsp3) is 0.700. The third kappa shape index (κ3) is 4.26. The maximum absolute atomic E-state index is 14.6. The Labute approximate surface area is 140 Å². The zero-order valence-electron chi connectivity index (χ0n) is 14.7. The van der Waals surface area contributed by atoms with Crippen LogP contribution in [0.3, 0.4) is 0 Å². The van der Waals surface area contributed by atoms with E-state index in [2.05, 4.69) is 30.1 Å². The smallest absolute Gasteiger partial charge is 0.146 e. The van der Waals surface area contributed by atoms with E-state index in [4.69, 9.17) is 0 Å². The lowest BCUT2D eigenvalue weighted by Crippen LogP contribution is -2.34. The number of hydrogen-bond acceptors (Lipinski definition) is 2. The maximum Gasteiger partial charge on any atom is 0.146 e. The SMILES string of the molecule is CC1CCN(c2ccc([C@@H](C)NC3CCCCC3)cc2F)CC1. The molecule has 1 saturated heterocycles. The monoisotopic (exact) mass is 318 g/mol. The zero-order valence-corrected chi connectivity index (χ0v) is 14.7. The van der Waals surface area contributed by atoms with Crippen molar-refractivity contribution in [3.8, 4) is 0 Å². The molecule has 1 atom stereocenters. The van der Waals surface area contributed by atoms with Crippen molar-refractivity contribution in [2.45, 2.75) is 70.9 Å². The largest absolute Gasteiger partial charge is 0.369 e. The normalized spacial score (nSPS) is 22.3. The summed E-state index contributed by atoms with van der Waals surface area (Å²) < 4.78 is 14.6. The van der Waals surface area contributed by atoms with E-state index in [0.29, 0.717) is 6.04 Å². The molecule has 3 rings (SSSR count). The lowest BCUT2D eigenvalue weighted by molar-refractivity contribution is 0.346. The minimum absolute atomic E-state index is 0.0608. The molecule has 0 amide bonds. The van der Waals surface area contributed by atoms with Gasteiger partial charge in [-0.3, -0.25) is 0 Å². The molecule has 0 spiro atoms. The van der Waals surface area contributed by atoms with Crippen LogP contribution in [0.2, 0.25) is 0 Å². The van der Waals surface area contributed by atoms with Gasteiger partial charge in [0.2, 0.25) is 0 Å². The van der Waals surface area contributed by atoms with Crippen molar-refractivity contribution >= 4 is 5.69 Å². The van der Waals surface area contributed by atoms with Gasteiger partial charge in [-0.05, 0) is 56.2 Å². The Hall–Kier alpha value is -1.09. The molecule has 0 radical (unpaired) electrons. The zero-order chi connectivity index (χ0) is 16.2. The van der Waals surface area contributed by atoms with Crippen molar-refractivity contribution in [3.63, 3.8) is 0 Å². The summed E-state index contributed by atoms with van der Waals surface area (Å²) in [6, 6.07) is 6.66. The molecule has 1 saturated carbocycles. The summed E-state index contributed by atoms with van der Waals surface area (Å²) in [5.41, 5.74) is 1.85. The second kappa shape index (κ2) is 7.65. The molecular formula is C20H31FN2. The van der Waals surface area contributed by atoms with Crippen LogP contribution in [0, 0.1) is 11.7 Å². The van der Waals surface area contributed by atoms with E-state index in [9.17, 15) is 4.39 Å². The first-order chi connectivity index (χ1) is 11.1. The van der Waals surface area contributed by atoms with Crippen LogP contribution in [0.1, 0.15) is 70.4 Å². The molecule has 2 nitrogen and oxygen atoms in total. The number of piperidine rings is 1. The van der Waals surface area contributed by atoms with Crippen LogP contribution in [0.4, 0.5) is 10.1 Å². The minimum Gasteiger partial charge on any atom is -0.369 e. The average Bonchev–Trinajstić information content (AvgIpc) is 2.57. The Kier molecular flexibility index (Phi) is 5.58. The van der Waals surface area contributed by atoms with Crippen molar-refractivity contribution in [2.24, 2.45) is 5.92 Å². The molecule has 1 N–H and O–H groups in total. The fourth-order valence-corrected chi connectivity index (χ4v) is 4.02. The summed E-state index contributed by atoms with van der Waals surface area (Å²) in [7, 11) is 0. The van der Waals surface area contributed by atoms with Gasteiger partial charge in [-0.15, -0.1) is 0 Å². The third-order valence-electron chi connectivity index (χ3n) is 5.69. The molecule has 1 heterocycles. The molecule has 1 aliphatic carbocycles. The summed E-state index contributed by atoms with van der Waals surface area (Å²) in [6.07, 6.45) is 8.87. The van der Waals surface area contributed by atoms with Crippen molar-refractivity contribution in [1.29, 1.82) is 0 Å². The highest BCUT2D eigenvalue weighted by Crippen LogP contribution is 2.28. The van der Waals surface area contributed by atoms with Crippen LogP contribution in [-0.4, -0.2) is 19.1 Å². The first-order valence-electron chi connectivity index (χ1n) is 9.44. The molecule has 1 aromatic carbocycles. The molecule has 0 unspecified atom stereocenters. The van der Waals surface area contributed by atoms with E-state index in [1.807, 2.05) is 6.07 Å². The second-order valence-electron chi connectivity index (χ2n) is 7.60. The Balaban J connectivity index is 1.63. The van der Waals surface area contributed by atoms with Gasteiger partial charge < -0.3 is 10.2 Å². The molecule has 1 aromatic rings. The Morgan fingerprint density at radius 2 is 1.78 bits per heavy atom. The van der Waals surface area contributed by atoms with Gasteiger partial charge in [0.25, 0.3) is 0 Å². The highest BCUT2D eigenvalue weighted by atomic mass is 19.1. The number of halogens is 1. The number of benzene rings is 1. The number of nitrogens with one attached hydrogen (secondary N) is 1. The maximum atomic E-state index is 14.6. The predicted octanol–water partition coefficient (Wildman–Crippen LogP) is 5.05. The molecule has 2 fully saturated rings. The van der Waals surface area contributed by atoms with E-state index < -0.39 is 0 Å². The number of nitrogens with zero attached hydrogens (tertiary/aromatic N) is 1. The Morgan fingerprint density at radius 3 is 2.43 bits per heavy atom. The van der Waals surface area contributed by atoms with E-state index in [-0.39, 0.29) is 11.9 Å². The molecule has 3 heteroatoms. The Morgan fingerprint density at radius 1 is 1.09 bits per heavy atom. The quantitative estimate of drug-likeness (QED) is 0.836. The van der Waals surface area contributed by atoms with Gasteiger partial charge in [0.1, 0.15) is 5.82 Å². The molecule has 0 bridgehead atoms. The van der Waals surface area contributed by atoms with E-state index in [0.717, 1.165) is 30.3 Å². The van der Waals surface area contributed by atoms with Gasteiger partial charge in [-0.2, -0.15) is 0 Å². The molecule has 128 valence electrons. The van der Waals surface area contributed by atoms with Crippen molar-refractivity contribution in [2.75, 3.05) is 18.0 Å². The summed E-state index contributed by atoms with van der Waals surface area (Å²) in [5, 5.41) is 3.69. The lowest BCUT2D eigenvalue weighted by Gasteiger charge is -2.32. The van der Waals surface area contributed by atoms with Gasteiger partial charge in [0, 0.05) is 25.2 Å². The summed E-state index contributed by atoms with van der Waals surface area (Å²) in [4.78, 5) is 2.21. The third-order valence-corrected chi connectivity index (χ3v) is 5.69. The number of hydrogen-bond donors (Lipinski definition) is 1. The second-order valence-corrected chi connectivity index (χ2v) is 7.60. The standard InChI is InChI=1S/C20H31FN2/c1-15-10-12-23(13-11-15)20-9-8-17(14-19(20)21)16(2)22-18-6-4-3-5-7-18/h8-9,14-16,18,22H,3-7,10-13H2,1-2H3/t16-/m1/s1. The molecule has 0 aromatic heterocycles. The lowest BCUT2D eigenvalue weighted by atomic mass is 9.94. The topological polar surface area (TPSA) is 15.3 Å². The average molecular weight is 318 g/mol. The van der Waals surface area contributed by atoms with Gasteiger partial charge in [0.15, 0.2) is 0 Å².